The van der Waals surface area contributed by atoms with Crippen LogP contribution >= 0.6 is 0 Å². The predicted molar refractivity (Wildman–Crippen MR) is 62.0 cm³/mol. The van der Waals surface area contributed by atoms with E-state index in [0.29, 0.717) is 11.9 Å². The summed E-state index contributed by atoms with van der Waals surface area (Å²) in [7, 11) is 1.63. The summed E-state index contributed by atoms with van der Waals surface area (Å²) in [5.41, 5.74) is 1.20. The van der Waals surface area contributed by atoms with Crippen LogP contribution in [0.2, 0.25) is 0 Å². The maximum Gasteiger partial charge on any atom is 0.212 e. The lowest BCUT2D eigenvalue weighted by atomic mass is 10.1. The van der Waals surface area contributed by atoms with E-state index in [4.69, 9.17) is 4.74 Å². The van der Waals surface area contributed by atoms with Crippen LogP contribution in [0.4, 0.5) is 0 Å². The zero-order valence-electron chi connectivity index (χ0n) is 9.79. The van der Waals surface area contributed by atoms with E-state index in [1.54, 1.807) is 7.11 Å². The topological polar surface area (TPSA) is 34.1 Å². The van der Waals surface area contributed by atoms with Crippen LogP contribution in [0.3, 0.4) is 0 Å². The molecule has 0 aromatic carbocycles. The first-order chi connectivity index (χ1) is 7.30. The van der Waals surface area contributed by atoms with Gasteiger partial charge in [-0.3, -0.25) is 0 Å². The van der Waals surface area contributed by atoms with Crippen LogP contribution in [0.1, 0.15) is 32.3 Å². The van der Waals surface area contributed by atoms with Gasteiger partial charge in [0, 0.05) is 24.8 Å². The van der Waals surface area contributed by atoms with Crippen molar-refractivity contribution in [1.82, 2.24) is 10.3 Å². The van der Waals surface area contributed by atoms with E-state index in [-0.39, 0.29) is 0 Å². The van der Waals surface area contributed by atoms with Gasteiger partial charge < -0.3 is 10.1 Å². The van der Waals surface area contributed by atoms with Gasteiger partial charge in [0.2, 0.25) is 5.88 Å². The van der Waals surface area contributed by atoms with E-state index in [0.717, 1.165) is 6.54 Å². The van der Waals surface area contributed by atoms with E-state index < -0.39 is 0 Å². The van der Waals surface area contributed by atoms with E-state index in [1.165, 1.54) is 18.4 Å². The molecule has 0 saturated carbocycles. The molecule has 1 aromatic heterocycles. The standard InChI is InChI=1S/C12H20N2O/c1-4-11(5-2)13-8-10-6-7-12(15-3)14-9-10/h6-7,9,11,13H,4-5,8H2,1-3H3. The Morgan fingerprint density at radius 1 is 1.33 bits per heavy atom. The molecule has 0 radical (unpaired) electrons. The number of nitrogens with one attached hydrogen (secondary N) is 1. The Hall–Kier alpha value is -1.09. The molecule has 0 aliphatic carbocycles. The second kappa shape index (κ2) is 6.40. The summed E-state index contributed by atoms with van der Waals surface area (Å²) in [6.45, 7) is 5.28. The number of aromatic nitrogens is 1. The molecule has 0 saturated heterocycles. The SMILES string of the molecule is CCC(CC)NCc1ccc(OC)nc1. The molecule has 84 valence electrons. The van der Waals surface area contributed by atoms with Gasteiger partial charge in [-0.25, -0.2) is 4.98 Å². The van der Waals surface area contributed by atoms with Crippen molar-refractivity contribution >= 4 is 0 Å². The highest BCUT2D eigenvalue weighted by molar-refractivity contribution is 5.17. The van der Waals surface area contributed by atoms with Crippen LogP contribution in [0, 0.1) is 0 Å². The van der Waals surface area contributed by atoms with Gasteiger partial charge in [-0.2, -0.15) is 0 Å². The lowest BCUT2D eigenvalue weighted by Crippen LogP contribution is -2.26. The van der Waals surface area contributed by atoms with Crippen molar-refractivity contribution in [3.8, 4) is 5.88 Å². The van der Waals surface area contributed by atoms with Crippen molar-refractivity contribution < 1.29 is 4.74 Å². The molecule has 1 N–H and O–H groups in total. The number of nitrogens with zero attached hydrogens (tertiary/aromatic N) is 1. The van der Waals surface area contributed by atoms with Crippen LogP contribution in [0.15, 0.2) is 18.3 Å². The van der Waals surface area contributed by atoms with Crippen molar-refractivity contribution in [2.24, 2.45) is 0 Å². The molecule has 0 atom stereocenters. The lowest BCUT2D eigenvalue weighted by Gasteiger charge is -2.14. The first-order valence-electron chi connectivity index (χ1n) is 5.52. The number of rotatable bonds is 6. The van der Waals surface area contributed by atoms with Crippen LogP contribution in [0.25, 0.3) is 0 Å². The first kappa shape index (κ1) is 12.0. The van der Waals surface area contributed by atoms with Crippen molar-refractivity contribution in [2.45, 2.75) is 39.3 Å². The third-order valence-electron chi connectivity index (χ3n) is 2.59. The van der Waals surface area contributed by atoms with Gasteiger partial charge in [0.25, 0.3) is 0 Å². The highest BCUT2D eigenvalue weighted by Crippen LogP contribution is 2.07. The van der Waals surface area contributed by atoms with Crippen molar-refractivity contribution in [3.63, 3.8) is 0 Å². The minimum atomic E-state index is 0.604. The number of pyridine rings is 1. The second-order valence-electron chi connectivity index (χ2n) is 3.60. The Morgan fingerprint density at radius 2 is 2.07 bits per heavy atom. The van der Waals surface area contributed by atoms with Gasteiger partial charge >= 0.3 is 0 Å². The third kappa shape index (κ3) is 3.88. The molecule has 1 rings (SSSR count). The van der Waals surface area contributed by atoms with Crippen LogP contribution in [-0.2, 0) is 6.54 Å². The zero-order valence-corrected chi connectivity index (χ0v) is 9.79. The molecular formula is C12H20N2O. The highest BCUT2D eigenvalue weighted by Gasteiger charge is 2.02. The summed E-state index contributed by atoms with van der Waals surface area (Å²) in [4.78, 5) is 4.16. The average molecular weight is 208 g/mol. The highest BCUT2D eigenvalue weighted by atomic mass is 16.5. The first-order valence-corrected chi connectivity index (χ1v) is 5.52. The maximum absolute atomic E-state index is 5.01. The number of hydrogen-bond acceptors (Lipinski definition) is 3. The number of ether oxygens (including phenoxy) is 1. The Balaban J connectivity index is 2.43. The minimum Gasteiger partial charge on any atom is -0.481 e. The summed E-state index contributed by atoms with van der Waals surface area (Å²) in [6.07, 6.45) is 4.19. The molecule has 0 spiro atoms. The van der Waals surface area contributed by atoms with Gasteiger partial charge in [0.1, 0.15) is 0 Å². The summed E-state index contributed by atoms with van der Waals surface area (Å²) < 4.78 is 5.01. The molecule has 3 heteroatoms. The fourth-order valence-electron chi connectivity index (χ4n) is 1.48. The molecule has 0 aliphatic heterocycles. The van der Waals surface area contributed by atoms with Gasteiger partial charge in [0.15, 0.2) is 0 Å². The molecule has 1 heterocycles. The van der Waals surface area contributed by atoms with E-state index in [1.807, 2.05) is 18.3 Å². The largest absolute Gasteiger partial charge is 0.481 e. The van der Waals surface area contributed by atoms with Gasteiger partial charge in [-0.1, -0.05) is 19.9 Å². The van der Waals surface area contributed by atoms with E-state index >= 15 is 0 Å². The van der Waals surface area contributed by atoms with Crippen molar-refractivity contribution in [3.05, 3.63) is 23.9 Å². The van der Waals surface area contributed by atoms with E-state index in [9.17, 15) is 0 Å². The summed E-state index contributed by atoms with van der Waals surface area (Å²) in [6, 6.07) is 4.54. The van der Waals surface area contributed by atoms with Crippen molar-refractivity contribution in [1.29, 1.82) is 0 Å². The van der Waals surface area contributed by atoms with Gasteiger partial charge in [-0.15, -0.1) is 0 Å². The Morgan fingerprint density at radius 3 is 2.53 bits per heavy atom. The second-order valence-corrected chi connectivity index (χ2v) is 3.60. The summed E-state index contributed by atoms with van der Waals surface area (Å²) in [5.74, 6) is 0.668. The normalized spacial score (nSPS) is 10.7. The van der Waals surface area contributed by atoms with Crippen LogP contribution in [0.5, 0.6) is 5.88 Å². The fraction of sp³-hybridized carbons (Fsp3) is 0.583. The summed E-state index contributed by atoms with van der Waals surface area (Å²) >= 11 is 0. The molecule has 0 bridgehead atoms. The molecule has 1 aromatic rings. The minimum absolute atomic E-state index is 0.604. The molecule has 3 nitrogen and oxygen atoms in total. The number of hydrogen-bond donors (Lipinski definition) is 1. The Labute approximate surface area is 91.9 Å². The molecule has 0 fully saturated rings. The molecule has 0 unspecified atom stereocenters. The molecule has 15 heavy (non-hydrogen) atoms. The van der Waals surface area contributed by atoms with E-state index in [2.05, 4.69) is 24.1 Å². The fourth-order valence-corrected chi connectivity index (χ4v) is 1.48. The molecule has 0 amide bonds. The van der Waals surface area contributed by atoms with Crippen LogP contribution < -0.4 is 10.1 Å². The third-order valence-corrected chi connectivity index (χ3v) is 2.59. The molecular weight excluding hydrogens is 188 g/mol. The Kier molecular flexibility index (Phi) is 5.12. The van der Waals surface area contributed by atoms with Crippen LogP contribution in [-0.4, -0.2) is 18.1 Å². The molecule has 0 aliphatic rings. The van der Waals surface area contributed by atoms with Crippen molar-refractivity contribution in [2.75, 3.05) is 7.11 Å². The number of methoxy groups -OCH3 is 1. The average Bonchev–Trinajstić information content (AvgIpc) is 2.31. The smallest absolute Gasteiger partial charge is 0.212 e. The monoisotopic (exact) mass is 208 g/mol. The predicted octanol–water partition coefficient (Wildman–Crippen LogP) is 2.37. The van der Waals surface area contributed by atoms with Gasteiger partial charge in [0.05, 0.1) is 7.11 Å². The zero-order chi connectivity index (χ0) is 11.1. The quantitative estimate of drug-likeness (QED) is 0.779. The lowest BCUT2D eigenvalue weighted by molar-refractivity contribution is 0.397. The summed E-state index contributed by atoms with van der Waals surface area (Å²) in [5, 5.41) is 3.49. The Bertz CT molecular complexity index is 267. The maximum atomic E-state index is 5.01. The van der Waals surface area contributed by atoms with Gasteiger partial charge in [-0.05, 0) is 18.4 Å².